The lowest BCUT2D eigenvalue weighted by Crippen LogP contribution is -2.38. The number of ether oxygens (including phenoxy) is 1. The van der Waals surface area contributed by atoms with Crippen LogP contribution in [0.1, 0.15) is 36.5 Å². The highest BCUT2D eigenvalue weighted by atomic mass is 16.5. The summed E-state index contributed by atoms with van der Waals surface area (Å²) in [6.07, 6.45) is 2.79. The predicted octanol–water partition coefficient (Wildman–Crippen LogP) is 4.03. The van der Waals surface area contributed by atoms with E-state index < -0.39 is 6.10 Å². The fourth-order valence-corrected chi connectivity index (χ4v) is 3.55. The van der Waals surface area contributed by atoms with Crippen molar-refractivity contribution in [1.29, 1.82) is 0 Å². The molecule has 144 valence electrons. The van der Waals surface area contributed by atoms with E-state index in [1.165, 1.54) is 17.7 Å². The number of nitrogens with zero attached hydrogens (tertiary/aromatic N) is 1. The van der Waals surface area contributed by atoms with Gasteiger partial charge in [-0.15, -0.1) is 0 Å². The topological polar surface area (TPSA) is 41.6 Å². The fraction of sp³-hybridized carbons (Fsp3) is 0.435. The van der Waals surface area contributed by atoms with E-state index in [9.17, 15) is 4.79 Å². The highest BCUT2D eigenvalue weighted by Crippen LogP contribution is 2.26. The first-order valence-electron chi connectivity index (χ1n) is 9.89. The minimum atomic E-state index is -0.499. The van der Waals surface area contributed by atoms with Gasteiger partial charge in [0.2, 0.25) is 0 Å². The van der Waals surface area contributed by atoms with Gasteiger partial charge in [0.05, 0.1) is 0 Å². The Balaban J connectivity index is 1.44. The maximum atomic E-state index is 12.3. The van der Waals surface area contributed by atoms with Crippen molar-refractivity contribution in [3.8, 4) is 5.75 Å². The van der Waals surface area contributed by atoms with Crippen LogP contribution in [-0.2, 0) is 11.2 Å². The number of carbonyl (C=O) groups is 1. The molecule has 1 N–H and O–H groups in total. The SMILES string of the molecule is Cc1ccc(C)c(O[C@@H](C)C(=O)NCCCN2CCCc3ccccc32)c1. The van der Waals surface area contributed by atoms with Crippen LogP contribution in [0.3, 0.4) is 0 Å². The van der Waals surface area contributed by atoms with Gasteiger partial charge < -0.3 is 15.0 Å². The summed E-state index contributed by atoms with van der Waals surface area (Å²) >= 11 is 0. The highest BCUT2D eigenvalue weighted by Gasteiger charge is 2.17. The van der Waals surface area contributed by atoms with Crippen molar-refractivity contribution < 1.29 is 9.53 Å². The zero-order valence-electron chi connectivity index (χ0n) is 16.6. The third kappa shape index (κ3) is 5.03. The Bertz CT molecular complexity index is 788. The van der Waals surface area contributed by atoms with Crippen molar-refractivity contribution in [1.82, 2.24) is 5.32 Å². The highest BCUT2D eigenvalue weighted by molar-refractivity contribution is 5.80. The molecule has 1 aliphatic heterocycles. The van der Waals surface area contributed by atoms with E-state index in [4.69, 9.17) is 4.74 Å². The average Bonchev–Trinajstić information content (AvgIpc) is 2.68. The number of nitrogens with one attached hydrogen (secondary N) is 1. The molecule has 0 saturated carbocycles. The molecule has 4 nitrogen and oxygen atoms in total. The number of benzene rings is 2. The Morgan fingerprint density at radius 1 is 1.22 bits per heavy atom. The van der Waals surface area contributed by atoms with Crippen LogP contribution in [0, 0.1) is 13.8 Å². The summed E-state index contributed by atoms with van der Waals surface area (Å²) in [5, 5.41) is 3.01. The van der Waals surface area contributed by atoms with Gasteiger partial charge in [0.1, 0.15) is 5.75 Å². The van der Waals surface area contributed by atoms with Crippen LogP contribution in [0.4, 0.5) is 5.69 Å². The number of hydrogen-bond donors (Lipinski definition) is 1. The second-order valence-corrected chi connectivity index (χ2v) is 7.39. The zero-order chi connectivity index (χ0) is 19.2. The largest absolute Gasteiger partial charge is 0.481 e. The summed E-state index contributed by atoms with van der Waals surface area (Å²) in [6.45, 7) is 8.54. The number of rotatable bonds is 7. The van der Waals surface area contributed by atoms with Crippen LogP contribution in [-0.4, -0.2) is 31.6 Å². The smallest absolute Gasteiger partial charge is 0.260 e. The van der Waals surface area contributed by atoms with E-state index in [1.807, 2.05) is 32.0 Å². The number of aryl methyl sites for hydroxylation is 3. The Hall–Kier alpha value is -2.49. The molecule has 0 saturated heterocycles. The molecule has 1 heterocycles. The van der Waals surface area contributed by atoms with Crippen LogP contribution in [0.5, 0.6) is 5.75 Å². The van der Waals surface area contributed by atoms with Crippen LogP contribution in [0.2, 0.25) is 0 Å². The molecule has 27 heavy (non-hydrogen) atoms. The van der Waals surface area contributed by atoms with Crippen molar-refractivity contribution in [3.63, 3.8) is 0 Å². The standard InChI is InChI=1S/C23H30N2O2/c1-17-11-12-18(2)22(16-17)27-19(3)23(26)24-13-7-15-25-14-6-9-20-8-4-5-10-21(20)25/h4-5,8,10-12,16,19H,6-7,9,13-15H2,1-3H3,(H,24,26)/t19-/m0/s1. The molecule has 0 spiro atoms. The third-order valence-electron chi connectivity index (χ3n) is 5.13. The van der Waals surface area contributed by atoms with Gasteiger partial charge in [-0.2, -0.15) is 0 Å². The summed E-state index contributed by atoms with van der Waals surface area (Å²) in [7, 11) is 0. The van der Waals surface area contributed by atoms with Gasteiger partial charge in [0.15, 0.2) is 6.10 Å². The summed E-state index contributed by atoms with van der Waals surface area (Å²) in [5.41, 5.74) is 4.96. The molecule has 0 radical (unpaired) electrons. The van der Waals surface area contributed by atoms with Gasteiger partial charge in [-0.1, -0.05) is 30.3 Å². The lowest BCUT2D eigenvalue weighted by Gasteiger charge is -2.31. The molecule has 1 aliphatic rings. The van der Waals surface area contributed by atoms with Crippen molar-refractivity contribution in [2.24, 2.45) is 0 Å². The third-order valence-corrected chi connectivity index (χ3v) is 5.13. The second kappa shape index (κ2) is 8.94. The minimum absolute atomic E-state index is 0.0602. The maximum absolute atomic E-state index is 12.3. The van der Waals surface area contributed by atoms with Gasteiger partial charge in [-0.05, 0) is 68.9 Å². The van der Waals surface area contributed by atoms with Crippen molar-refractivity contribution in [2.75, 3.05) is 24.5 Å². The number of para-hydroxylation sites is 1. The normalized spacial score (nSPS) is 14.4. The summed E-state index contributed by atoms with van der Waals surface area (Å²) < 4.78 is 5.86. The number of fused-ring (bicyclic) bond motifs is 1. The number of hydrogen-bond acceptors (Lipinski definition) is 3. The molecule has 0 aromatic heterocycles. The fourth-order valence-electron chi connectivity index (χ4n) is 3.55. The first kappa shape index (κ1) is 19.3. The maximum Gasteiger partial charge on any atom is 0.260 e. The van der Waals surface area contributed by atoms with Gasteiger partial charge >= 0.3 is 0 Å². The molecule has 0 aliphatic carbocycles. The molecule has 3 rings (SSSR count). The summed E-state index contributed by atoms with van der Waals surface area (Å²) in [6, 6.07) is 14.7. The molecule has 0 unspecified atom stereocenters. The number of amides is 1. The van der Waals surface area contributed by atoms with Gasteiger partial charge in [0, 0.05) is 25.3 Å². The molecular formula is C23H30N2O2. The molecule has 2 aromatic carbocycles. The first-order valence-corrected chi connectivity index (χ1v) is 9.89. The van der Waals surface area contributed by atoms with E-state index in [0.29, 0.717) is 6.54 Å². The van der Waals surface area contributed by atoms with Crippen LogP contribution in [0.15, 0.2) is 42.5 Å². The molecule has 0 fully saturated rings. The molecule has 1 amide bonds. The van der Waals surface area contributed by atoms with Gasteiger partial charge in [-0.3, -0.25) is 4.79 Å². The Morgan fingerprint density at radius 3 is 2.89 bits per heavy atom. The summed E-state index contributed by atoms with van der Waals surface area (Å²) in [5.74, 6) is 0.720. The second-order valence-electron chi connectivity index (χ2n) is 7.39. The Kier molecular flexibility index (Phi) is 6.38. The molecule has 4 heteroatoms. The number of anilines is 1. The van der Waals surface area contributed by atoms with Crippen molar-refractivity contribution >= 4 is 11.6 Å². The lowest BCUT2D eigenvalue weighted by atomic mass is 10.0. The van der Waals surface area contributed by atoms with E-state index in [1.54, 1.807) is 6.92 Å². The van der Waals surface area contributed by atoms with Crippen LogP contribution < -0.4 is 15.0 Å². The monoisotopic (exact) mass is 366 g/mol. The number of carbonyl (C=O) groups excluding carboxylic acids is 1. The predicted molar refractivity (Wildman–Crippen MR) is 111 cm³/mol. The molecule has 0 bridgehead atoms. The average molecular weight is 367 g/mol. The van der Waals surface area contributed by atoms with E-state index in [0.717, 1.165) is 42.8 Å². The molecular weight excluding hydrogens is 336 g/mol. The van der Waals surface area contributed by atoms with Crippen LogP contribution in [0.25, 0.3) is 0 Å². The van der Waals surface area contributed by atoms with Crippen molar-refractivity contribution in [3.05, 3.63) is 59.2 Å². The van der Waals surface area contributed by atoms with E-state index in [-0.39, 0.29) is 5.91 Å². The van der Waals surface area contributed by atoms with E-state index >= 15 is 0 Å². The van der Waals surface area contributed by atoms with E-state index in [2.05, 4.69) is 34.5 Å². The Labute approximate surface area is 162 Å². The quantitative estimate of drug-likeness (QED) is 0.752. The lowest BCUT2D eigenvalue weighted by molar-refractivity contribution is -0.127. The van der Waals surface area contributed by atoms with Gasteiger partial charge in [-0.25, -0.2) is 0 Å². The minimum Gasteiger partial charge on any atom is -0.481 e. The molecule has 2 aromatic rings. The summed E-state index contributed by atoms with van der Waals surface area (Å²) in [4.78, 5) is 14.8. The van der Waals surface area contributed by atoms with Crippen LogP contribution >= 0.6 is 0 Å². The van der Waals surface area contributed by atoms with Gasteiger partial charge in [0.25, 0.3) is 5.91 Å². The zero-order valence-corrected chi connectivity index (χ0v) is 16.6. The molecule has 1 atom stereocenters. The Morgan fingerprint density at radius 2 is 2.04 bits per heavy atom. The van der Waals surface area contributed by atoms with Crippen molar-refractivity contribution in [2.45, 2.75) is 46.1 Å². The first-order chi connectivity index (χ1) is 13.0.